The molecule has 1 heterocycles. The first-order valence-electron chi connectivity index (χ1n) is 9.44. The summed E-state index contributed by atoms with van der Waals surface area (Å²) in [5.41, 5.74) is 1.81. The van der Waals surface area contributed by atoms with Gasteiger partial charge >= 0.3 is 6.03 Å². The van der Waals surface area contributed by atoms with Gasteiger partial charge in [0.05, 0.1) is 0 Å². The van der Waals surface area contributed by atoms with Crippen LogP contribution in [0, 0.1) is 17.8 Å². The molecule has 2 atom stereocenters. The molecule has 0 bridgehead atoms. The van der Waals surface area contributed by atoms with Gasteiger partial charge in [-0.3, -0.25) is 4.79 Å². The highest BCUT2D eigenvalue weighted by Crippen LogP contribution is 2.27. The first-order valence-corrected chi connectivity index (χ1v) is 9.44. The largest absolute Gasteiger partial charge is 0.334 e. The van der Waals surface area contributed by atoms with Gasteiger partial charge in [0.2, 0.25) is 5.91 Å². The molecule has 2 unspecified atom stereocenters. The van der Waals surface area contributed by atoms with Crippen molar-refractivity contribution in [2.45, 2.75) is 46.1 Å². The van der Waals surface area contributed by atoms with E-state index in [1.165, 1.54) is 6.42 Å². The quantitative estimate of drug-likeness (QED) is 0.877. The van der Waals surface area contributed by atoms with Crippen molar-refractivity contribution in [2.24, 2.45) is 17.8 Å². The topological polar surface area (TPSA) is 61.4 Å². The SMILES string of the molecule is CC1CC(C)CN(C(=O)NCc2cccc(NC(=O)C3CCC3)c2)C1. The van der Waals surface area contributed by atoms with Crippen LogP contribution in [0.5, 0.6) is 0 Å². The van der Waals surface area contributed by atoms with Crippen molar-refractivity contribution in [3.8, 4) is 0 Å². The van der Waals surface area contributed by atoms with Crippen LogP contribution in [0.1, 0.15) is 45.1 Å². The Balaban J connectivity index is 1.51. The van der Waals surface area contributed by atoms with Crippen molar-refractivity contribution < 1.29 is 9.59 Å². The van der Waals surface area contributed by atoms with Crippen LogP contribution in [0.4, 0.5) is 10.5 Å². The van der Waals surface area contributed by atoms with Crippen molar-refractivity contribution >= 4 is 17.6 Å². The molecule has 2 aliphatic rings. The summed E-state index contributed by atoms with van der Waals surface area (Å²) < 4.78 is 0. The Bertz CT molecular complexity index is 617. The maximum atomic E-state index is 12.4. The van der Waals surface area contributed by atoms with E-state index in [0.29, 0.717) is 18.4 Å². The summed E-state index contributed by atoms with van der Waals surface area (Å²) in [4.78, 5) is 26.4. The number of benzene rings is 1. The minimum atomic E-state index is 0.00214. The van der Waals surface area contributed by atoms with Gasteiger partial charge in [-0.2, -0.15) is 0 Å². The van der Waals surface area contributed by atoms with Crippen LogP contribution in [0.2, 0.25) is 0 Å². The Morgan fingerprint density at radius 2 is 1.88 bits per heavy atom. The van der Waals surface area contributed by atoms with Gasteiger partial charge in [-0.15, -0.1) is 0 Å². The van der Waals surface area contributed by atoms with Crippen LogP contribution >= 0.6 is 0 Å². The molecule has 25 heavy (non-hydrogen) atoms. The summed E-state index contributed by atoms with van der Waals surface area (Å²) in [7, 11) is 0. The maximum absolute atomic E-state index is 12.4. The standard InChI is InChI=1S/C20H29N3O2/c1-14-9-15(2)13-23(12-14)20(25)21-11-16-5-3-8-18(10-16)22-19(24)17-6-4-7-17/h3,5,8,10,14-15,17H,4,6-7,9,11-13H2,1-2H3,(H,21,25)(H,22,24). The van der Waals surface area contributed by atoms with Gasteiger partial charge in [-0.1, -0.05) is 32.4 Å². The lowest BCUT2D eigenvalue weighted by Crippen LogP contribution is -2.47. The molecular formula is C20H29N3O2. The molecule has 2 N–H and O–H groups in total. The van der Waals surface area contributed by atoms with Gasteiger partial charge in [0, 0.05) is 31.2 Å². The third-order valence-corrected chi connectivity index (χ3v) is 5.27. The predicted molar refractivity (Wildman–Crippen MR) is 99.2 cm³/mol. The van der Waals surface area contributed by atoms with Crippen molar-refractivity contribution in [3.63, 3.8) is 0 Å². The Kier molecular flexibility index (Phi) is 5.61. The van der Waals surface area contributed by atoms with Crippen LogP contribution in [0.25, 0.3) is 0 Å². The van der Waals surface area contributed by atoms with Gasteiger partial charge in [0.1, 0.15) is 0 Å². The minimum Gasteiger partial charge on any atom is -0.334 e. The fraction of sp³-hybridized carbons (Fsp3) is 0.600. The number of rotatable bonds is 4. The normalized spacial score (nSPS) is 23.7. The number of urea groups is 1. The van der Waals surface area contributed by atoms with E-state index in [9.17, 15) is 9.59 Å². The molecule has 2 fully saturated rings. The smallest absolute Gasteiger partial charge is 0.317 e. The highest BCUT2D eigenvalue weighted by Gasteiger charge is 2.26. The van der Waals surface area contributed by atoms with E-state index >= 15 is 0 Å². The van der Waals surface area contributed by atoms with E-state index in [1.807, 2.05) is 29.2 Å². The molecule has 1 aliphatic heterocycles. The molecule has 0 spiro atoms. The number of hydrogen-bond donors (Lipinski definition) is 2. The highest BCUT2D eigenvalue weighted by atomic mass is 16.2. The van der Waals surface area contributed by atoms with Crippen molar-refractivity contribution in [1.29, 1.82) is 0 Å². The molecule has 1 saturated heterocycles. The number of piperidine rings is 1. The lowest BCUT2D eigenvalue weighted by atomic mass is 9.85. The molecule has 5 nitrogen and oxygen atoms in total. The van der Waals surface area contributed by atoms with Gasteiger partial charge in [-0.25, -0.2) is 4.79 Å². The number of hydrogen-bond acceptors (Lipinski definition) is 2. The van der Waals surface area contributed by atoms with Crippen molar-refractivity contribution in [1.82, 2.24) is 10.2 Å². The number of nitrogens with zero attached hydrogens (tertiary/aromatic N) is 1. The summed E-state index contributed by atoms with van der Waals surface area (Å²) >= 11 is 0. The van der Waals surface area contributed by atoms with Crippen LogP contribution in [0.3, 0.4) is 0 Å². The monoisotopic (exact) mass is 343 g/mol. The molecule has 3 amide bonds. The fourth-order valence-corrected chi connectivity index (χ4v) is 3.79. The fourth-order valence-electron chi connectivity index (χ4n) is 3.79. The number of nitrogens with one attached hydrogen (secondary N) is 2. The Morgan fingerprint density at radius 3 is 2.52 bits per heavy atom. The molecule has 3 rings (SSSR count). The Labute approximate surface area is 150 Å². The Morgan fingerprint density at radius 1 is 1.16 bits per heavy atom. The van der Waals surface area contributed by atoms with Gasteiger partial charge in [-0.05, 0) is 48.8 Å². The molecule has 5 heteroatoms. The zero-order chi connectivity index (χ0) is 17.8. The number of amides is 3. The lowest BCUT2D eigenvalue weighted by molar-refractivity contribution is -0.122. The number of carbonyl (C=O) groups excluding carboxylic acids is 2. The number of anilines is 1. The Hall–Kier alpha value is -2.04. The van der Waals surface area contributed by atoms with Gasteiger partial charge < -0.3 is 15.5 Å². The molecule has 136 valence electrons. The lowest BCUT2D eigenvalue weighted by Gasteiger charge is -2.34. The third-order valence-electron chi connectivity index (χ3n) is 5.27. The minimum absolute atomic E-state index is 0.00214. The highest BCUT2D eigenvalue weighted by molar-refractivity contribution is 5.93. The second kappa shape index (κ2) is 7.89. The average molecular weight is 343 g/mol. The number of carbonyl (C=O) groups is 2. The van der Waals surface area contributed by atoms with E-state index in [-0.39, 0.29) is 17.9 Å². The summed E-state index contributed by atoms with van der Waals surface area (Å²) in [5.74, 6) is 1.40. The molecule has 0 radical (unpaired) electrons. The zero-order valence-electron chi connectivity index (χ0n) is 15.3. The maximum Gasteiger partial charge on any atom is 0.317 e. The summed E-state index contributed by atoms with van der Waals surface area (Å²) in [6.07, 6.45) is 4.33. The molecule has 0 aromatic heterocycles. The van der Waals surface area contributed by atoms with Crippen LogP contribution in [-0.4, -0.2) is 29.9 Å². The second-order valence-electron chi connectivity index (χ2n) is 7.83. The van der Waals surface area contributed by atoms with E-state index in [0.717, 1.165) is 43.6 Å². The number of likely N-dealkylation sites (tertiary alicyclic amines) is 1. The molecule has 1 aromatic rings. The summed E-state index contributed by atoms with van der Waals surface area (Å²) in [5, 5.41) is 5.99. The van der Waals surface area contributed by atoms with E-state index in [1.54, 1.807) is 0 Å². The van der Waals surface area contributed by atoms with Crippen molar-refractivity contribution in [3.05, 3.63) is 29.8 Å². The molecule has 1 aromatic carbocycles. The first-order chi connectivity index (χ1) is 12.0. The van der Waals surface area contributed by atoms with Crippen LogP contribution < -0.4 is 10.6 Å². The summed E-state index contributed by atoms with van der Waals surface area (Å²) in [6, 6.07) is 7.74. The molecule has 1 saturated carbocycles. The van der Waals surface area contributed by atoms with E-state index < -0.39 is 0 Å². The van der Waals surface area contributed by atoms with Gasteiger partial charge in [0.15, 0.2) is 0 Å². The van der Waals surface area contributed by atoms with Crippen LogP contribution in [-0.2, 0) is 11.3 Å². The zero-order valence-corrected chi connectivity index (χ0v) is 15.3. The summed E-state index contributed by atoms with van der Waals surface area (Å²) in [6.45, 7) is 6.53. The molecule has 1 aliphatic carbocycles. The second-order valence-corrected chi connectivity index (χ2v) is 7.83. The average Bonchev–Trinajstić information content (AvgIpc) is 2.50. The predicted octanol–water partition coefficient (Wildman–Crippen LogP) is 3.61. The van der Waals surface area contributed by atoms with E-state index in [4.69, 9.17) is 0 Å². The van der Waals surface area contributed by atoms with Crippen molar-refractivity contribution in [2.75, 3.05) is 18.4 Å². The van der Waals surface area contributed by atoms with Gasteiger partial charge in [0.25, 0.3) is 0 Å². The first kappa shape index (κ1) is 17.8. The third kappa shape index (κ3) is 4.74. The van der Waals surface area contributed by atoms with E-state index in [2.05, 4.69) is 24.5 Å². The molecular weight excluding hydrogens is 314 g/mol. The van der Waals surface area contributed by atoms with Crippen LogP contribution in [0.15, 0.2) is 24.3 Å².